The zero-order chi connectivity index (χ0) is 7.35. The van der Waals surface area contributed by atoms with Crippen molar-refractivity contribution in [1.82, 2.24) is 0 Å². The lowest BCUT2D eigenvalue weighted by Gasteiger charge is -2.44. The first-order chi connectivity index (χ1) is 4.64. The van der Waals surface area contributed by atoms with Crippen molar-refractivity contribution in [2.75, 3.05) is 6.61 Å². The van der Waals surface area contributed by atoms with Gasteiger partial charge in [-0.2, -0.15) is 0 Å². The van der Waals surface area contributed by atoms with Crippen LogP contribution in [0.2, 0.25) is 0 Å². The predicted octanol–water partition coefficient (Wildman–Crippen LogP) is 1.00. The van der Waals surface area contributed by atoms with E-state index < -0.39 is 0 Å². The first-order valence-electron chi connectivity index (χ1n) is 3.80. The highest BCUT2D eigenvalue weighted by atomic mass is 16.5. The Morgan fingerprint density at radius 3 is 2.90 bits per heavy atom. The third-order valence-electron chi connectivity index (χ3n) is 2.77. The Morgan fingerprint density at radius 1 is 1.60 bits per heavy atom. The van der Waals surface area contributed by atoms with Gasteiger partial charge in [0.25, 0.3) is 0 Å². The fourth-order valence-corrected chi connectivity index (χ4v) is 2.09. The maximum Gasteiger partial charge on any atom is 0.146 e. The Bertz CT molecular complexity index is 184. The van der Waals surface area contributed by atoms with Crippen molar-refractivity contribution >= 4 is 5.78 Å². The van der Waals surface area contributed by atoms with Crippen molar-refractivity contribution in [1.29, 1.82) is 0 Å². The highest BCUT2D eigenvalue weighted by Crippen LogP contribution is 2.48. The SMILES string of the molecule is CC1(C)C(=O)[C@@H]2CCO[C@H]21. The van der Waals surface area contributed by atoms with Gasteiger partial charge in [0.1, 0.15) is 5.78 Å². The molecule has 2 nitrogen and oxygen atoms in total. The van der Waals surface area contributed by atoms with Crippen LogP contribution in [0.1, 0.15) is 20.3 Å². The number of carbonyl (C=O) groups is 1. The molecular weight excluding hydrogens is 128 g/mol. The minimum atomic E-state index is -0.179. The Balaban J connectivity index is 2.23. The summed E-state index contributed by atoms with van der Waals surface area (Å²) in [6.45, 7) is 4.73. The average molecular weight is 140 g/mol. The smallest absolute Gasteiger partial charge is 0.146 e. The number of ketones is 1. The maximum atomic E-state index is 11.3. The summed E-state index contributed by atoms with van der Waals surface area (Å²) in [6.07, 6.45) is 1.19. The molecule has 2 fully saturated rings. The summed E-state index contributed by atoms with van der Waals surface area (Å²) in [5.41, 5.74) is -0.179. The molecule has 10 heavy (non-hydrogen) atoms. The van der Waals surface area contributed by atoms with Crippen LogP contribution in [0, 0.1) is 11.3 Å². The van der Waals surface area contributed by atoms with Crippen LogP contribution in [-0.4, -0.2) is 18.5 Å². The summed E-state index contributed by atoms with van der Waals surface area (Å²) in [5, 5.41) is 0. The van der Waals surface area contributed by atoms with E-state index in [9.17, 15) is 4.79 Å². The van der Waals surface area contributed by atoms with Crippen molar-refractivity contribution in [3.63, 3.8) is 0 Å². The lowest BCUT2D eigenvalue weighted by molar-refractivity contribution is -0.159. The van der Waals surface area contributed by atoms with E-state index >= 15 is 0 Å². The van der Waals surface area contributed by atoms with Crippen molar-refractivity contribution in [2.45, 2.75) is 26.4 Å². The fourth-order valence-electron chi connectivity index (χ4n) is 2.09. The van der Waals surface area contributed by atoms with E-state index in [1.807, 2.05) is 13.8 Å². The van der Waals surface area contributed by atoms with Gasteiger partial charge in [-0.25, -0.2) is 0 Å². The van der Waals surface area contributed by atoms with Crippen LogP contribution in [0.3, 0.4) is 0 Å². The van der Waals surface area contributed by atoms with Gasteiger partial charge in [-0.1, -0.05) is 13.8 Å². The molecule has 1 saturated carbocycles. The molecule has 0 aromatic carbocycles. The lowest BCUT2D eigenvalue weighted by atomic mass is 9.60. The molecule has 0 unspecified atom stereocenters. The van der Waals surface area contributed by atoms with Gasteiger partial charge in [-0.05, 0) is 6.42 Å². The van der Waals surface area contributed by atoms with Crippen LogP contribution in [0.5, 0.6) is 0 Å². The second kappa shape index (κ2) is 1.62. The van der Waals surface area contributed by atoms with Gasteiger partial charge in [-0.3, -0.25) is 4.79 Å². The molecule has 1 aliphatic carbocycles. The van der Waals surface area contributed by atoms with E-state index in [0.717, 1.165) is 13.0 Å². The van der Waals surface area contributed by atoms with Crippen molar-refractivity contribution in [3.05, 3.63) is 0 Å². The highest BCUT2D eigenvalue weighted by Gasteiger charge is 2.58. The van der Waals surface area contributed by atoms with Crippen LogP contribution >= 0.6 is 0 Å². The van der Waals surface area contributed by atoms with Gasteiger partial charge in [0, 0.05) is 12.5 Å². The van der Waals surface area contributed by atoms with Crippen molar-refractivity contribution in [3.8, 4) is 0 Å². The maximum absolute atomic E-state index is 11.3. The van der Waals surface area contributed by atoms with E-state index in [2.05, 4.69) is 0 Å². The summed E-state index contributed by atoms with van der Waals surface area (Å²) in [6, 6.07) is 0. The normalized spacial score (nSPS) is 42.8. The molecule has 0 N–H and O–H groups in total. The summed E-state index contributed by atoms with van der Waals surface area (Å²) in [5.74, 6) is 0.644. The van der Waals surface area contributed by atoms with Crippen LogP contribution in [-0.2, 0) is 9.53 Å². The molecule has 0 aromatic rings. The van der Waals surface area contributed by atoms with Crippen LogP contribution in [0.4, 0.5) is 0 Å². The van der Waals surface area contributed by atoms with Gasteiger partial charge in [0.15, 0.2) is 0 Å². The molecule has 56 valence electrons. The number of Topliss-reactive ketones (excluding diaryl/α,β-unsaturated/α-hetero) is 1. The number of carbonyl (C=O) groups excluding carboxylic acids is 1. The number of ether oxygens (including phenoxy) is 1. The van der Waals surface area contributed by atoms with Crippen LogP contribution < -0.4 is 0 Å². The second-order valence-corrected chi connectivity index (χ2v) is 3.77. The minimum absolute atomic E-state index is 0.179. The summed E-state index contributed by atoms with van der Waals surface area (Å²) in [4.78, 5) is 11.3. The number of rotatable bonds is 0. The van der Waals surface area contributed by atoms with E-state index in [1.165, 1.54) is 0 Å². The molecule has 1 aliphatic heterocycles. The Morgan fingerprint density at radius 2 is 2.30 bits per heavy atom. The third-order valence-corrected chi connectivity index (χ3v) is 2.77. The molecule has 1 saturated heterocycles. The molecule has 2 heteroatoms. The van der Waals surface area contributed by atoms with Gasteiger partial charge in [-0.15, -0.1) is 0 Å². The molecule has 0 amide bonds. The number of hydrogen-bond donors (Lipinski definition) is 0. The molecule has 0 spiro atoms. The predicted molar refractivity (Wildman–Crippen MR) is 36.6 cm³/mol. The first-order valence-corrected chi connectivity index (χ1v) is 3.80. The van der Waals surface area contributed by atoms with E-state index in [-0.39, 0.29) is 17.4 Å². The quantitative estimate of drug-likeness (QED) is 0.501. The first kappa shape index (κ1) is 6.35. The van der Waals surface area contributed by atoms with E-state index in [4.69, 9.17) is 4.74 Å². The van der Waals surface area contributed by atoms with E-state index in [0.29, 0.717) is 5.78 Å². The second-order valence-electron chi connectivity index (χ2n) is 3.77. The zero-order valence-corrected chi connectivity index (χ0v) is 6.39. The van der Waals surface area contributed by atoms with Crippen LogP contribution in [0.25, 0.3) is 0 Å². The van der Waals surface area contributed by atoms with Crippen molar-refractivity contribution in [2.24, 2.45) is 11.3 Å². The Labute approximate surface area is 60.6 Å². The minimum Gasteiger partial charge on any atom is -0.376 e. The molecule has 0 aromatic heterocycles. The zero-order valence-electron chi connectivity index (χ0n) is 6.39. The Hall–Kier alpha value is -0.370. The molecule has 2 aliphatic rings. The molecular formula is C8H12O2. The van der Waals surface area contributed by atoms with Crippen LogP contribution in [0.15, 0.2) is 0 Å². The van der Waals surface area contributed by atoms with Gasteiger partial charge in [0.2, 0.25) is 0 Å². The van der Waals surface area contributed by atoms with E-state index in [1.54, 1.807) is 0 Å². The summed E-state index contributed by atoms with van der Waals surface area (Å²) < 4.78 is 5.42. The highest BCUT2D eigenvalue weighted by molar-refractivity contribution is 5.94. The molecule has 0 bridgehead atoms. The largest absolute Gasteiger partial charge is 0.376 e. The number of hydrogen-bond acceptors (Lipinski definition) is 2. The standard InChI is InChI=1S/C8H12O2/c1-8(2)6(9)5-3-4-10-7(5)8/h5,7H,3-4H2,1-2H3/t5-,7+/m0/s1. The third kappa shape index (κ3) is 0.511. The molecule has 2 atom stereocenters. The average Bonchev–Trinajstić information content (AvgIpc) is 2.31. The van der Waals surface area contributed by atoms with Crippen molar-refractivity contribution < 1.29 is 9.53 Å². The summed E-state index contributed by atoms with van der Waals surface area (Å²) in [7, 11) is 0. The lowest BCUT2D eigenvalue weighted by Crippen LogP contribution is -2.56. The molecule has 0 radical (unpaired) electrons. The number of fused-ring (bicyclic) bond motifs is 1. The van der Waals surface area contributed by atoms with Gasteiger partial charge < -0.3 is 4.74 Å². The summed E-state index contributed by atoms with van der Waals surface area (Å²) >= 11 is 0. The fraction of sp³-hybridized carbons (Fsp3) is 0.875. The molecule has 2 rings (SSSR count). The topological polar surface area (TPSA) is 26.3 Å². The Kier molecular flexibility index (Phi) is 1.03. The monoisotopic (exact) mass is 140 g/mol. The van der Waals surface area contributed by atoms with Gasteiger partial charge in [0.05, 0.1) is 11.5 Å². The van der Waals surface area contributed by atoms with Gasteiger partial charge >= 0.3 is 0 Å². The molecule has 1 heterocycles.